The van der Waals surface area contributed by atoms with Crippen molar-refractivity contribution < 1.29 is 9.18 Å². The number of carbonyl (C=O) groups excluding carboxylic acids is 1. The second kappa shape index (κ2) is 4.84. The first-order chi connectivity index (χ1) is 6.58. The van der Waals surface area contributed by atoms with Gasteiger partial charge in [0.15, 0.2) is 0 Å². The van der Waals surface area contributed by atoms with Crippen LogP contribution in [0.1, 0.15) is 25.8 Å². The predicted molar refractivity (Wildman–Crippen MR) is 52.4 cm³/mol. The quantitative estimate of drug-likeness (QED) is 0.690. The van der Waals surface area contributed by atoms with E-state index < -0.39 is 5.95 Å². The molecule has 0 saturated heterocycles. The normalized spacial score (nSPS) is 10.6. The minimum Gasteiger partial charge on any atom is -0.299 e. The highest BCUT2D eigenvalue weighted by molar-refractivity contribution is 5.80. The van der Waals surface area contributed by atoms with Crippen LogP contribution in [0.2, 0.25) is 0 Å². The largest absolute Gasteiger partial charge is 0.299 e. The third-order valence-electron chi connectivity index (χ3n) is 1.83. The van der Waals surface area contributed by atoms with Crippen LogP contribution in [0.5, 0.6) is 0 Å². The van der Waals surface area contributed by atoms with Crippen molar-refractivity contribution in [2.24, 2.45) is 5.92 Å². The fourth-order valence-electron chi connectivity index (χ4n) is 1.27. The first kappa shape index (κ1) is 10.8. The molecule has 0 aliphatic carbocycles. The van der Waals surface area contributed by atoms with Crippen molar-refractivity contribution in [2.75, 3.05) is 0 Å². The topological polar surface area (TPSA) is 30.0 Å². The summed E-state index contributed by atoms with van der Waals surface area (Å²) in [7, 11) is 0. The molecule has 1 aromatic heterocycles. The Labute approximate surface area is 83.2 Å². The van der Waals surface area contributed by atoms with Gasteiger partial charge in [0.25, 0.3) is 0 Å². The number of Topliss-reactive ketones (excluding diaryl/α,β-unsaturated/α-hetero) is 1. The van der Waals surface area contributed by atoms with E-state index in [0.717, 1.165) is 5.56 Å². The van der Waals surface area contributed by atoms with Crippen molar-refractivity contribution in [1.82, 2.24) is 4.98 Å². The Balaban J connectivity index is 2.52. The molecule has 0 aliphatic heterocycles. The molecule has 14 heavy (non-hydrogen) atoms. The summed E-state index contributed by atoms with van der Waals surface area (Å²) in [6.45, 7) is 4.00. The Hall–Kier alpha value is -1.25. The number of rotatable bonds is 4. The van der Waals surface area contributed by atoms with Gasteiger partial charge in [-0.2, -0.15) is 4.39 Å². The van der Waals surface area contributed by atoms with Gasteiger partial charge in [0.05, 0.1) is 0 Å². The molecular weight excluding hydrogens is 181 g/mol. The highest BCUT2D eigenvalue weighted by Gasteiger charge is 2.06. The molecule has 76 valence electrons. The van der Waals surface area contributed by atoms with Crippen LogP contribution >= 0.6 is 0 Å². The summed E-state index contributed by atoms with van der Waals surface area (Å²) in [5.74, 6) is 0.0365. The molecule has 3 heteroatoms. The van der Waals surface area contributed by atoms with Crippen molar-refractivity contribution in [2.45, 2.75) is 26.7 Å². The SMILES string of the molecule is CC(C)CC(=O)Cc1ccc(F)nc1. The van der Waals surface area contributed by atoms with Gasteiger partial charge in [-0.25, -0.2) is 4.98 Å². The van der Waals surface area contributed by atoms with Gasteiger partial charge in [-0.15, -0.1) is 0 Å². The van der Waals surface area contributed by atoms with Crippen LogP contribution in [0.3, 0.4) is 0 Å². The number of ketones is 1. The highest BCUT2D eigenvalue weighted by atomic mass is 19.1. The van der Waals surface area contributed by atoms with E-state index in [9.17, 15) is 9.18 Å². The Bertz CT molecular complexity index is 306. The van der Waals surface area contributed by atoms with E-state index in [0.29, 0.717) is 18.8 Å². The van der Waals surface area contributed by atoms with Crippen LogP contribution in [-0.2, 0) is 11.2 Å². The lowest BCUT2D eigenvalue weighted by Crippen LogP contribution is -2.06. The Morgan fingerprint density at radius 1 is 1.50 bits per heavy atom. The van der Waals surface area contributed by atoms with Gasteiger partial charge < -0.3 is 0 Å². The number of nitrogens with zero attached hydrogens (tertiary/aromatic N) is 1. The standard InChI is InChI=1S/C11H14FNO/c1-8(2)5-10(14)6-9-3-4-11(12)13-7-9/h3-4,7-8H,5-6H2,1-2H3. The molecule has 0 amide bonds. The third-order valence-corrected chi connectivity index (χ3v) is 1.83. The molecular formula is C11H14FNO. The maximum Gasteiger partial charge on any atom is 0.212 e. The molecule has 0 bridgehead atoms. The molecule has 0 saturated carbocycles. The van der Waals surface area contributed by atoms with E-state index in [1.165, 1.54) is 12.3 Å². The molecule has 0 fully saturated rings. The molecule has 0 aromatic carbocycles. The van der Waals surface area contributed by atoms with Gasteiger partial charge in [-0.1, -0.05) is 19.9 Å². The number of aromatic nitrogens is 1. The predicted octanol–water partition coefficient (Wildman–Crippen LogP) is 2.38. The van der Waals surface area contributed by atoms with E-state index in [1.54, 1.807) is 6.07 Å². The number of carbonyl (C=O) groups is 1. The lowest BCUT2D eigenvalue weighted by molar-refractivity contribution is -0.119. The monoisotopic (exact) mass is 195 g/mol. The zero-order valence-electron chi connectivity index (χ0n) is 8.46. The van der Waals surface area contributed by atoms with Gasteiger partial charge in [-0.05, 0) is 17.5 Å². The summed E-state index contributed by atoms with van der Waals surface area (Å²) in [6, 6.07) is 2.87. The highest BCUT2D eigenvalue weighted by Crippen LogP contribution is 2.06. The average Bonchev–Trinajstić information content (AvgIpc) is 2.07. The summed E-state index contributed by atoms with van der Waals surface area (Å²) in [4.78, 5) is 14.9. The lowest BCUT2D eigenvalue weighted by atomic mass is 10.0. The molecule has 0 aliphatic rings. The first-order valence-corrected chi connectivity index (χ1v) is 4.70. The fourth-order valence-corrected chi connectivity index (χ4v) is 1.27. The zero-order valence-corrected chi connectivity index (χ0v) is 8.46. The van der Waals surface area contributed by atoms with Crippen molar-refractivity contribution >= 4 is 5.78 Å². The van der Waals surface area contributed by atoms with Crippen LogP contribution in [0, 0.1) is 11.9 Å². The molecule has 1 rings (SSSR count). The molecule has 0 unspecified atom stereocenters. The van der Waals surface area contributed by atoms with Crippen molar-refractivity contribution in [1.29, 1.82) is 0 Å². The third kappa shape index (κ3) is 3.64. The molecule has 0 N–H and O–H groups in total. The summed E-state index contributed by atoms with van der Waals surface area (Å²) in [5.41, 5.74) is 0.775. The van der Waals surface area contributed by atoms with Crippen LogP contribution in [0.4, 0.5) is 4.39 Å². The second-order valence-electron chi connectivity index (χ2n) is 3.80. The van der Waals surface area contributed by atoms with E-state index in [4.69, 9.17) is 0 Å². The second-order valence-corrected chi connectivity index (χ2v) is 3.80. The van der Waals surface area contributed by atoms with Crippen molar-refractivity contribution in [3.63, 3.8) is 0 Å². The maximum absolute atomic E-state index is 12.4. The minimum absolute atomic E-state index is 0.174. The van der Waals surface area contributed by atoms with Gasteiger partial charge >= 0.3 is 0 Å². The number of pyridine rings is 1. The van der Waals surface area contributed by atoms with Crippen LogP contribution in [-0.4, -0.2) is 10.8 Å². The van der Waals surface area contributed by atoms with E-state index in [1.807, 2.05) is 13.8 Å². The molecule has 0 radical (unpaired) electrons. The number of hydrogen-bond acceptors (Lipinski definition) is 2. The fraction of sp³-hybridized carbons (Fsp3) is 0.455. The van der Waals surface area contributed by atoms with Crippen molar-refractivity contribution in [3.8, 4) is 0 Å². The summed E-state index contributed by atoms with van der Waals surface area (Å²) >= 11 is 0. The summed E-state index contributed by atoms with van der Waals surface area (Å²) in [5, 5.41) is 0. The van der Waals surface area contributed by atoms with Crippen molar-refractivity contribution in [3.05, 3.63) is 29.8 Å². The summed E-state index contributed by atoms with van der Waals surface area (Å²) in [6.07, 6.45) is 2.33. The van der Waals surface area contributed by atoms with E-state index in [-0.39, 0.29) is 5.78 Å². The molecule has 0 atom stereocenters. The number of hydrogen-bond donors (Lipinski definition) is 0. The Kier molecular flexibility index (Phi) is 3.74. The molecule has 0 spiro atoms. The van der Waals surface area contributed by atoms with Gasteiger partial charge in [0.2, 0.25) is 5.95 Å². The maximum atomic E-state index is 12.4. The summed E-state index contributed by atoms with van der Waals surface area (Å²) < 4.78 is 12.4. The molecule has 2 nitrogen and oxygen atoms in total. The van der Waals surface area contributed by atoms with Gasteiger partial charge in [-0.3, -0.25) is 4.79 Å². The van der Waals surface area contributed by atoms with Crippen LogP contribution < -0.4 is 0 Å². The first-order valence-electron chi connectivity index (χ1n) is 4.70. The average molecular weight is 195 g/mol. The minimum atomic E-state index is -0.509. The Morgan fingerprint density at radius 3 is 2.71 bits per heavy atom. The van der Waals surface area contributed by atoms with E-state index in [2.05, 4.69) is 4.98 Å². The smallest absolute Gasteiger partial charge is 0.212 e. The van der Waals surface area contributed by atoms with Gasteiger partial charge in [0, 0.05) is 19.0 Å². The van der Waals surface area contributed by atoms with Crippen LogP contribution in [0.25, 0.3) is 0 Å². The molecule has 1 aromatic rings. The lowest BCUT2D eigenvalue weighted by Gasteiger charge is -2.03. The van der Waals surface area contributed by atoms with Gasteiger partial charge in [0.1, 0.15) is 5.78 Å². The van der Waals surface area contributed by atoms with E-state index >= 15 is 0 Å². The zero-order chi connectivity index (χ0) is 10.6. The number of halogens is 1. The molecule has 1 heterocycles. The Morgan fingerprint density at radius 2 is 2.21 bits per heavy atom. The van der Waals surface area contributed by atoms with Crippen LogP contribution in [0.15, 0.2) is 18.3 Å².